The fourth-order valence-electron chi connectivity index (χ4n) is 1.77. The lowest BCUT2D eigenvalue weighted by Crippen LogP contribution is -2.33. The Morgan fingerprint density at radius 1 is 0.933 bits per heavy atom. The monoisotopic (exact) mass is 231 g/mol. The van der Waals surface area contributed by atoms with Gasteiger partial charge in [0.05, 0.1) is 0 Å². The molecule has 0 aliphatic heterocycles. The molecule has 0 radical (unpaired) electrons. The highest BCUT2D eigenvalue weighted by Crippen LogP contribution is 2.09. The Morgan fingerprint density at radius 2 is 1.53 bits per heavy atom. The molecule has 0 fully saturated rings. The van der Waals surface area contributed by atoms with Gasteiger partial charge in [-0.1, -0.05) is 26.7 Å². The van der Waals surface area contributed by atoms with Crippen molar-refractivity contribution in [1.82, 2.24) is 4.90 Å². The Bertz CT molecular complexity index is 134. The van der Waals surface area contributed by atoms with Gasteiger partial charge in [0.2, 0.25) is 0 Å². The van der Waals surface area contributed by atoms with Gasteiger partial charge in [-0.3, -0.25) is 0 Å². The Kier molecular flexibility index (Phi) is 9.73. The van der Waals surface area contributed by atoms with E-state index in [-0.39, 0.29) is 0 Å². The van der Waals surface area contributed by atoms with Crippen LogP contribution < -0.4 is 0 Å². The third-order valence-electron chi connectivity index (χ3n) is 2.81. The van der Waals surface area contributed by atoms with Crippen LogP contribution in [-0.2, 0) is 0 Å². The lowest BCUT2D eigenvalue weighted by atomic mass is 10.1. The minimum Gasteiger partial charge on any atom is -0.301 e. The van der Waals surface area contributed by atoms with Crippen LogP contribution in [0.4, 0.5) is 0 Å². The fourth-order valence-corrected chi connectivity index (χ4v) is 1.91. The highest BCUT2D eigenvalue weighted by Gasteiger charge is 2.07. The summed E-state index contributed by atoms with van der Waals surface area (Å²) in [6.45, 7) is 11.7. The van der Waals surface area contributed by atoms with E-state index in [2.05, 4.69) is 45.2 Å². The minimum absolute atomic E-state index is 0.684. The van der Waals surface area contributed by atoms with Crippen molar-refractivity contribution >= 4 is 12.6 Å². The fraction of sp³-hybridized carbons (Fsp3) is 1.00. The van der Waals surface area contributed by atoms with Gasteiger partial charge >= 0.3 is 0 Å². The van der Waals surface area contributed by atoms with Crippen LogP contribution in [0.5, 0.6) is 0 Å². The molecule has 0 N–H and O–H groups in total. The van der Waals surface area contributed by atoms with E-state index in [1.165, 1.54) is 38.8 Å². The van der Waals surface area contributed by atoms with E-state index < -0.39 is 0 Å². The maximum atomic E-state index is 4.27. The number of rotatable bonds is 9. The zero-order valence-electron chi connectivity index (χ0n) is 11.0. The highest BCUT2D eigenvalue weighted by molar-refractivity contribution is 7.80. The molecule has 0 spiro atoms. The molecular formula is C13H29NS. The van der Waals surface area contributed by atoms with Gasteiger partial charge in [-0.15, -0.1) is 0 Å². The molecule has 0 unspecified atom stereocenters. The third-order valence-corrected chi connectivity index (χ3v) is 3.13. The van der Waals surface area contributed by atoms with Crippen molar-refractivity contribution in [2.75, 3.05) is 18.8 Å². The quantitative estimate of drug-likeness (QED) is 0.466. The predicted molar refractivity (Wildman–Crippen MR) is 73.9 cm³/mol. The van der Waals surface area contributed by atoms with Gasteiger partial charge in [0.15, 0.2) is 0 Å². The Labute approximate surface area is 102 Å². The molecule has 1 nitrogen and oxygen atoms in total. The summed E-state index contributed by atoms with van der Waals surface area (Å²) >= 11 is 4.27. The van der Waals surface area contributed by atoms with Gasteiger partial charge in [-0.25, -0.2) is 0 Å². The van der Waals surface area contributed by atoms with Crippen LogP contribution >= 0.6 is 12.6 Å². The summed E-state index contributed by atoms with van der Waals surface area (Å²) in [5, 5.41) is 0. The molecule has 0 saturated carbocycles. The first-order valence-electron chi connectivity index (χ1n) is 6.42. The summed E-state index contributed by atoms with van der Waals surface area (Å²) in [4.78, 5) is 2.58. The van der Waals surface area contributed by atoms with E-state index in [1.54, 1.807) is 0 Å². The molecule has 0 amide bonds. The number of nitrogens with zero attached hydrogens (tertiary/aromatic N) is 1. The Morgan fingerprint density at radius 3 is 2.00 bits per heavy atom. The number of hydrogen-bond acceptors (Lipinski definition) is 2. The minimum atomic E-state index is 0.684. The summed E-state index contributed by atoms with van der Waals surface area (Å²) in [6, 6.07) is 0.684. The topological polar surface area (TPSA) is 3.24 Å². The largest absolute Gasteiger partial charge is 0.301 e. The number of hydrogen-bond donors (Lipinski definition) is 1. The maximum absolute atomic E-state index is 4.27. The van der Waals surface area contributed by atoms with Crippen molar-refractivity contribution in [3.8, 4) is 0 Å². The van der Waals surface area contributed by atoms with Crippen molar-refractivity contribution in [1.29, 1.82) is 0 Å². The first-order chi connectivity index (χ1) is 7.07. The molecule has 0 aliphatic rings. The van der Waals surface area contributed by atoms with Gasteiger partial charge < -0.3 is 4.90 Å². The van der Waals surface area contributed by atoms with Crippen LogP contribution in [0.1, 0.15) is 53.4 Å². The summed E-state index contributed by atoms with van der Waals surface area (Å²) in [5.41, 5.74) is 0. The lowest BCUT2D eigenvalue weighted by molar-refractivity contribution is 0.217. The van der Waals surface area contributed by atoms with Crippen LogP contribution in [0.25, 0.3) is 0 Å². The van der Waals surface area contributed by atoms with Gasteiger partial charge in [0, 0.05) is 6.04 Å². The van der Waals surface area contributed by atoms with Crippen molar-refractivity contribution in [2.24, 2.45) is 5.92 Å². The molecule has 0 aromatic rings. The summed E-state index contributed by atoms with van der Waals surface area (Å²) in [5.74, 6) is 1.87. The number of unbranched alkanes of at least 4 members (excludes halogenated alkanes) is 1. The van der Waals surface area contributed by atoms with E-state index in [0.29, 0.717) is 6.04 Å². The third kappa shape index (κ3) is 9.25. The molecular weight excluding hydrogens is 202 g/mol. The SMILES string of the molecule is CC(C)CCCCN(CCCS)C(C)C. The Balaban J connectivity index is 3.57. The molecule has 0 bridgehead atoms. The van der Waals surface area contributed by atoms with Crippen molar-refractivity contribution in [3.05, 3.63) is 0 Å². The Hall–Kier alpha value is 0.310. The number of thiol groups is 1. The van der Waals surface area contributed by atoms with Crippen LogP contribution in [0.3, 0.4) is 0 Å². The van der Waals surface area contributed by atoms with E-state index >= 15 is 0 Å². The zero-order valence-corrected chi connectivity index (χ0v) is 11.9. The molecule has 2 heteroatoms. The van der Waals surface area contributed by atoms with Crippen molar-refractivity contribution in [2.45, 2.75) is 59.4 Å². The standard InChI is InChI=1S/C13H29NS/c1-12(2)8-5-6-9-14(13(3)4)10-7-11-15/h12-13,15H,5-11H2,1-4H3. The summed E-state index contributed by atoms with van der Waals surface area (Å²) < 4.78 is 0. The van der Waals surface area contributed by atoms with E-state index in [9.17, 15) is 0 Å². The molecule has 0 atom stereocenters. The lowest BCUT2D eigenvalue weighted by Gasteiger charge is -2.26. The summed E-state index contributed by atoms with van der Waals surface area (Å²) in [7, 11) is 0. The van der Waals surface area contributed by atoms with Gasteiger partial charge in [0.1, 0.15) is 0 Å². The molecule has 0 aromatic heterocycles. The average molecular weight is 231 g/mol. The van der Waals surface area contributed by atoms with E-state index in [0.717, 1.165) is 11.7 Å². The highest BCUT2D eigenvalue weighted by atomic mass is 32.1. The normalized spacial score (nSPS) is 12.0. The second-order valence-electron chi connectivity index (χ2n) is 5.10. The molecule has 92 valence electrons. The summed E-state index contributed by atoms with van der Waals surface area (Å²) in [6.07, 6.45) is 5.31. The van der Waals surface area contributed by atoms with Crippen LogP contribution in [0, 0.1) is 5.92 Å². The molecule has 0 heterocycles. The first kappa shape index (κ1) is 15.3. The molecule has 0 aliphatic carbocycles. The van der Waals surface area contributed by atoms with Crippen LogP contribution in [0.2, 0.25) is 0 Å². The maximum Gasteiger partial charge on any atom is 0.00385 e. The molecule has 0 aromatic carbocycles. The van der Waals surface area contributed by atoms with Crippen LogP contribution in [0.15, 0.2) is 0 Å². The van der Waals surface area contributed by atoms with Crippen LogP contribution in [-0.4, -0.2) is 29.8 Å². The first-order valence-corrected chi connectivity index (χ1v) is 7.06. The van der Waals surface area contributed by atoms with Gasteiger partial charge in [-0.2, -0.15) is 12.6 Å². The van der Waals surface area contributed by atoms with Gasteiger partial charge in [0.25, 0.3) is 0 Å². The smallest absolute Gasteiger partial charge is 0.00385 e. The second kappa shape index (κ2) is 9.53. The molecule has 0 saturated heterocycles. The zero-order chi connectivity index (χ0) is 11.7. The van der Waals surface area contributed by atoms with Crippen molar-refractivity contribution in [3.63, 3.8) is 0 Å². The van der Waals surface area contributed by atoms with Crippen molar-refractivity contribution < 1.29 is 0 Å². The molecule has 15 heavy (non-hydrogen) atoms. The van der Waals surface area contributed by atoms with E-state index in [1.807, 2.05) is 0 Å². The molecule has 0 rings (SSSR count). The second-order valence-corrected chi connectivity index (χ2v) is 5.54. The van der Waals surface area contributed by atoms with Gasteiger partial charge in [-0.05, 0) is 51.4 Å². The average Bonchev–Trinajstić information content (AvgIpc) is 2.15. The van der Waals surface area contributed by atoms with E-state index in [4.69, 9.17) is 0 Å². The predicted octanol–water partition coefficient (Wildman–Crippen LogP) is 3.84.